The van der Waals surface area contributed by atoms with Gasteiger partial charge in [0.1, 0.15) is 6.61 Å². The topological polar surface area (TPSA) is 74.3 Å². The summed E-state index contributed by atoms with van der Waals surface area (Å²) < 4.78 is 3.41. The predicted molar refractivity (Wildman–Crippen MR) is 82.9 cm³/mol. The number of rotatable bonds is 4. The number of hydrogen-bond acceptors (Lipinski definition) is 5. The average Bonchev–Trinajstić information content (AvgIpc) is 2.72. The minimum atomic E-state index is -0.302. The lowest BCUT2D eigenvalue weighted by Crippen LogP contribution is -2.23. The molecule has 1 aromatic heterocycles. The van der Waals surface area contributed by atoms with Crippen LogP contribution in [-0.2, 0) is 18.5 Å². The molecule has 0 saturated heterocycles. The molecule has 0 fully saturated rings. The van der Waals surface area contributed by atoms with Crippen LogP contribution in [0, 0.1) is 3.57 Å². The van der Waals surface area contributed by atoms with Crippen molar-refractivity contribution in [2.24, 2.45) is 12.2 Å². The molecule has 106 valence electrons. The van der Waals surface area contributed by atoms with E-state index in [0.717, 1.165) is 14.8 Å². The highest BCUT2D eigenvalue weighted by Gasteiger charge is 2.13. The van der Waals surface area contributed by atoms with Crippen LogP contribution < -0.4 is 5.69 Å². The first-order chi connectivity index (χ1) is 9.50. The molecule has 1 heterocycles. The van der Waals surface area contributed by atoms with Crippen LogP contribution in [-0.4, -0.2) is 25.5 Å². The smallest absolute Gasteiger partial charge is 0.368 e. The van der Waals surface area contributed by atoms with Crippen molar-refractivity contribution in [2.45, 2.75) is 20.5 Å². The van der Waals surface area contributed by atoms with Crippen molar-refractivity contribution in [1.29, 1.82) is 0 Å². The van der Waals surface area contributed by atoms with Gasteiger partial charge in [0.05, 0.1) is 11.4 Å². The predicted octanol–water partition coefficient (Wildman–Crippen LogP) is 1.48. The van der Waals surface area contributed by atoms with Gasteiger partial charge in [-0.1, -0.05) is 11.2 Å². The SMILES string of the molecule is CC(C)=NOCc1c(I)cccc1-n1nnn(C)c1=O. The maximum absolute atomic E-state index is 11.9. The molecule has 0 unspecified atom stereocenters. The molecule has 0 atom stereocenters. The van der Waals surface area contributed by atoms with E-state index < -0.39 is 0 Å². The number of oxime groups is 1. The Morgan fingerprint density at radius 1 is 1.40 bits per heavy atom. The second kappa shape index (κ2) is 6.16. The Hall–Kier alpha value is -1.71. The van der Waals surface area contributed by atoms with Crippen molar-refractivity contribution >= 4 is 28.3 Å². The third-order valence-electron chi connectivity index (χ3n) is 2.50. The van der Waals surface area contributed by atoms with Crippen molar-refractivity contribution < 1.29 is 4.84 Å². The molecule has 0 spiro atoms. The van der Waals surface area contributed by atoms with Crippen LogP contribution in [0.15, 0.2) is 28.1 Å². The molecule has 0 N–H and O–H groups in total. The fourth-order valence-electron chi connectivity index (χ4n) is 1.58. The van der Waals surface area contributed by atoms with Crippen molar-refractivity contribution in [3.8, 4) is 5.69 Å². The number of aromatic nitrogens is 4. The number of benzene rings is 1. The number of hydrogen-bond donors (Lipinski definition) is 0. The van der Waals surface area contributed by atoms with Crippen LogP contribution in [0.25, 0.3) is 5.69 Å². The van der Waals surface area contributed by atoms with E-state index in [1.54, 1.807) is 13.1 Å². The summed E-state index contributed by atoms with van der Waals surface area (Å²) >= 11 is 2.19. The highest BCUT2D eigenvalue weighted by molar-refractivity contribution is 14.1. The van der Waals surface area contributed by atoms with Crippen LogP contribution >= 0.6 is 22.6 Å². The monoisotopic (exact) mass is 387 g/mol. The summed E-state index contributed by atoms with van der Waals surface area (Å²) in [6, 6.07) is 5.60. The lowest BCUT2D eigenvalue weighted by molar-refractivity contribution is 0.129. The van der Waals surface area contributed by atoms with Gasteiger partial charge in [-0.25, -0.2) is 4.79 Å². The van der Waals surface area contributed by atoms with Gasteiger partial charge in [0.25, 0.3) is 0 Å². The van der Waals surface area contributed by atoms with E-state index in [0.29, 0.717) is 5.69 Å². The lowest BCUT2D eigenvalue weighted by Gasteiger charge is -2.09. The molecular weight excluding hydrogens is 373 g/mol. The highest BCUT2D eigenvalue weighted by atomic mass is 127. The molecule has 0 bridgehead atoms. The van der Waals surface area contributed by atoms with Crippen LogP contribution in [0.4, 0.5) is 0 Å². The van der Waals surface area contributed by atoms with Crippen LogP contribution in [0.2, 0.25) is 0 Å². The summed E-state index contributed by atoms with van der Waals surface area (Å²) in [6.07, 6.45) is 0. The van der Waals surface area contributed by atoms with E-state index in [4.69, 9.17) is 4.84 Å². The van der Waals surface area contributed by atoms with Crippen LogP contribution in [0.5, 0.6) is 0 Å². The van der Waals surface area contributed by atoms with Gasteiger partial charge in [0, 0.05) is 16.2 Å². The van der Waals surface area contributed by atoms with E-state index in [1.165, 1.54) is 9.36 Å². The van der Waals surface area contributed by atoms with E-state index >= 15 is 0 Å². The summed E-state index contributed by atoms with van der Waals surface area (Å²) in [5.41, 5.74) is 2.03. The quantitative estimate of drug-likeness (QED) is 0.453. The first-order valence-corrected chi connectivity index (χ1v) is 6.98. The minimum absolute atomic E-state index is 0.267. The zero-order chi connectivity index (χ0) is 14.7. The summed E-state index contributed by atoms with van der Waals surface area (Å²) in [7, 11) is 1.56. The van der Waals surface area contributed by atoms with Crippen molar-refractivity contribution in [3.05, 3.63) is 37.8 Å². The second-order valence-electron chi connectivity index (χ2n) is 4.35. The largest absolute Gasteiger partial charge is 0.391 e. The van der Waals surface area contributed by atoms with E-state index in [2.05, 4.69) is 38.2 Å². The molecule has 7 nitrogen and oxygen atoms in total. The first kappa shape index (κ1) is 14.7. The fourth-order valence-corrected chi connectivity index (χ4v) is 2.22. The average molecular weight is 387 g/mol. The van der Waals surface area contributed by atoms with E-state index in [1.807, 2.05) is 26.0 Å². The van der Waals surface area contributed by atoms with Crippen molar-refractivity contribution in [3.63, 3.8) is 0 Å². The Balaban J connectivity index is 2.43. The molecule has 0 saturated carbocycles. The molecule has 1 aromatic carbocycles. The van der Waals surface area contributed by atoms with Gasteiger partial charge in [-0.2, -0.15) is 9.36 Å². The van der Waals surface area contributed by atoms with Crippen LogP contribution in [0.1, 0.15) is 19.4 Å². The lowest BCUT2D eigenvalue weighted by atomic mass is 10.2. The normalized spacial score (nSPS) is 10.4. The Labute approximate surface area is 129 Å². The minimum Gasteiger partial charge on any atom is -0.391 e. The van der Waals surface area contributed by atoms with Gasteiger partial charge in [-0.05, 0) is 59.0 Å². The zero-order valence-electron chi connectivity index (χ0n) is 11.4. The van der Waals surface area contributed by atoms with Crippen molar-refractivity contribution in [2.75, 3.05) is 0 Å². The number of halogens is 1. The highest BCUT2D eigenvalue weighted by Crippen LogP contribution is 2.20. The molecule has 0 amide bonds. The molecular formula is C12H14IN5O2. The van der Waals surface area contributed by atoms with Crippen molar-refractivity contribution in [1.82, 2.24) is 19.8 Å². The third-order valence-corrected chi connectivity index (χ3v) is 3.51. The van der Waals surface area contributed by atoms with Gasteiger partial charge in [0.2, 0.25) is 0 Å². The second-order valence-corrected chi connectivity index (χ2v) is 5.51. The van der Waals surface area contributed by atoms with Gasteiger partial charge in [-0.3, -0.25) is 0 Å². The Morgan fingerprint density at radius 3 is 2.75 bits per heavy atom. The van der Waals surface area contributed by atoms with Gasteiger partial charge >= 0.3 is 5.69 Å². The summed E-state index contributed by atoms with van der Waals surface area (Å²) in [5, 5.41) is 11.5. The summed E-state index contributed by atoms with van der Waals surface area (Å²) in [5.74, 6) is 0. The Bertz CT molecular complexity index is 700. The molecule has 20 heavy (non-hydrogen) atoms. The van der Waals surface area contributed by atoms with E-state index in [9.17, 15) is 4.79 Å². The molecule has 0 radical (unpaired) electrons. The van der Waals surface area contributed by atoms with Gasteiger partial charge in [-0.15, -0.1) is 0 Å². The van der Waals surface area contributed by atoms with Crippen LogP contribution in [0.3, 0.4) is 0 Å². The summed E-state index contributed by atoms with van der Waals surface area (Å²) in [4.78, 5) is 17.2. The molecule has 0 aliphatic carbocycles. The zero-order valence-corrected chi connectivity index (χ0v) is 13.5. The molecule has 0 aliphatic heterocycles. The maximum Gasteiger partial charge on any atom is 0.368 e. The molecule has 8 heteroatoms. The van der Waals surface area contributed by atoms with E-state index in [-0.39, 0.29) is 12.3 Å². The van der Waals surface area contributed by atoms with Gasteiger partial charge < -0.3 is 4.84 Å². The molecule has 0 aliphatic rings. The fraction of sp³-hybridized carbons (Fsp3) is 0.333. The summed E-state index contributed by atoms with van der Waals surface area (Å²) in [6.45, 7) is 3.97. The molecule has 2 aromatic rings. The first-order valence-electron chi connectivity index (χ1n) is 5.90. The Kier molecular flexibility index (Phi) is 4.53. The Morgan fingerprint density at radius 2 is 2.15 bits per heavy atom. The number of tetrazole rings is 1. The standard InChI is InChI=1S/C12H14IN5O2/c1-8(2)14-20-7-9-10(13)5-4-6-11(9)18-12(19)17(3)15-16-18/h4-6H,7H2,1-3H3. The third kappa shape index (κ3) is 3.06. The maximum atomic E-state index is 11.9. The molecule has 2 rings (SSSR count). The van der Waals surface area contributed by atoms with Gasteiger partial charge in [0.15, 0.2) is 0 Å². The number of nitrogens with zero attached hydrogens (tertiary/aromatic N) is 5. The number of aryl methyl sites for hydroxylation is 1.